The van der Waals surface area contributed by atoms with E-state index in [2.05, 4.69) is 30.0 Å². The standard InChI is InChI=1S/C10H18N2/c1-4-7-12-8-6-11-10(3,5-2)9-12/h1,11H,5-9H2,2-3H3. The van der Waals surface area contributed by atoms with Crippen molar-refractivity contribution in [1.82, 2.24) is 10.2 Å². The Morgan fingerprint density at radius 2 is 2.42 bits per heavy atom. The van der Waals surface area contributed by atoms with Crippen molar-refractivity contribution in [2.75, 3.05) is 26.2 Å². The van der Waals surface area contributed by atoms with Gasteiger partial charge in [-0.25, -0.2) is 0 Å². The van der Waals surface area contributed by atoms with Crippen molar-refractivity contribution in [3.63, 3.8) is 0 Å². The summed E-state index contributed by atoms with van der Waals surface area (Å²) in [6.07, 6.45) is 6.44. The molecule has 0 aromatic carbocycles. The van der Waals surface area contributed by atoms with Gasteiger partial charge in [-0.3, -0.25) is 4.90 Å². The SMILES string of the molecule is C#CCN1CCNC(C)(CC)C1. The molecular weight excluding hydrogens is 148 g/mol. The summed E-state index contributed by atoms with van der Waals surface area (Å²) >= 11 is 0. The molecule has 1 heterocycles. The lowest BCUT2D eigenvalue weighted by atomic mass is 9.96. The van der Waals surface area contributed by atoms with Crippen LogP contribution in [0, 0.1) is 12.3 Å². The van der Waals surface area contributed by atoms with Crippen LogP contribution >= 0.6 is 0 Å². The molecule has 2 nitrogen and oxygen atoms in total. The highest BCUT2D eigenvalue weighted by molar-refractivity contribution is 4.95. The minimum Gasteiger partial charge on any atom is -0.309 e. The molecule has 68 valence electrons. The monoisotopic (exact) mass is 166 g/mol. The van der Waals surface area contributed by atoms with Gasteiger partial charge in [0.05, 0.1) is 6.54 Å². The first-order valence-corrected chi connectivity index (χ1v) is 4.61. The Kier molecular flexibility index (Phi) is 3.13. The van der Waals surface area contributed by atoms with Gasteiger partial charge in [0, 0.05) is 25.2 Å². The van der Waals surface area contributed by atoms with Crippen LogP contribution in [0.5, 0.6) is 0 Å². The molecule has 1 saturated heterocycles. The Bertz CT molecular complexity index is 183. The zero-order chi connectivity index (χ0) is 9.03. The molecule has 0 amide bonds. The highest BCUT2D eigenvalue weighted by Crippen LogP contribution is 2.14. The van der Waals surface area contributed by atoms with E-state index < -0.39 is 0 Å². The first-order chi connectivity index (χ1) is 5.70. The number of nitrogens with zero attached hydrogens (tertiary/aromatic N) is 1. The van der Waals surface area contributed by atoms with E-state index in [0.29, 0.717) is 0 Å². The van der Waals surface area contributed by atoms with E-state index >= 15 is 0 Å². The molecule has 1 aliphatic rings. The normalized spacial score (nSPS) is 31.4. The quantitative estimate of drug-likeness (QED) is 0.607. The van der Waals surface area contributed by atoms with Gasteiger partial charge in [-0.2, -0.15) is 0 Å². The second-order valence-corrected chi connectivity index (χ2v) is 3.76. The van der Waals surface area contributed by atoms with Crippen LogP contribution < -0.4 is 5.32 Å². The number of hydrogen-bond donors (Lipinski definition) is 1. The molecule has 0 radical (unpaired) electrons. The highest BCUT2D eigenvalue weighted by Gasteiger charge is 2.27. The topological polar surface area (TPSA) is 15.3 Å². The van der Waals surface area contributed by atoms with E-state index in [1.165, 1.54) is 0 Å². The Morgan fingerprint density at radius 1 is 1.67 bits per heavy atom. The van der Waals surface area contributed by atoms with Crippen LogP contribution in [-0.4, -0.2) is 36.6 Å². The first kappa shape index (κ1) is 9.57. The summed E-state index contributed by atoms with van der Waals surface area (Å²) in [5.41, 5.74) is 0.273. The van der Waals surface area contributed by atoms with Crippen molar-refractivity contribution in [3.05, 3.63) is 0 Å². The van der Waals surface area contributed by atoms with Gasteiger partial charge in [0.15, 0.2) is 0 Å². The summed E-state index contributed by atoms with van der Waals surface area (Å²) in [4.78, 5) is 2.33. The molecule has 1 aliphatic heterocycles. The molecule has 0 saturated carbocycles. The molecule has 1 atom stereocenters. The molecule has 2 heteroatoms. The van der Waals surface area contributed by atoms with Gasteiger partial charge in [0.25, 0.3) is 0 Å². The van der Waals surface area contributed by atoms with Gasteiger partial charge in [-0.15, -0.1) is 6.42 Å². The van der Waals surface area contributed by atoms with Crippen molar-refractivity contribution in [2.45, 2.75) is 25.8 Å². The fraction of sp³-hybridized carbons (Fsp3) is 0.800. The number of piperazine rings is 1. The van der Waals surface area contributed by atoms with Crippen molar-refractivity contribution in [2.24, 2.45) is 0 Å². The number of nitrogens with one attached hydrogen (secondary N) is 1. The zero-order valence-corrected chi connectivity index (χ0v) is 8.06. The van der Waals surface area contributed by atoms with E-state index in [4.69, 9.17) is 6.42 Å². The zero-order valence-electron chi connectivity index (χ0n) is 8.06. The Hall–Kier alpha value is -0.520. The lowest BCUT2D eigenvalue weighted by molar-refractivity contribution is 0.154. The molecule has 0 bridgehead atoms. The summed E-state index contributed by atoms with van der Waals surface area (Å²) in [6, 6.07) is 0. The molecule has 0 aromatic rings. The molecular formula is C10H18N2. The largest absolute Gasteiger partial charge is 0.309 e. The van der Waals surface area contributed by atoms with Crippen molar-refractivity contribution < 1.29 is 0 Å². The van der Waals surface area contributed by atoms with Crippen molar-refractivity contribution in [3.8, 4) is 12.3 Å². The fourth-order valence-corrected chi connectivity index (χ4v) is 1.65. The summed E-state index contributed by atoms with van der Waals surface area (Å²) in [6.45, 7) is 8.48. The molecule has 0 aliphatic carbocycles. The maximum Gasteiger partial charge on any atom is 0.0600 e. The molecule has 1 unspecified atom stereocenters. The van der Waals surface area contributed by atoms with E-state index in [1.807, 2.05) is 0 Å². The van der Waals surface area contributed by atoms with Gasteiger partial charge in [-0.1, -0.05) is 12.8 Å². The number of hydrogen-bond acceptors (Lipinski definition) is 2. The number of terminal acetylenes is 1. The van der Waals surface area contributed by atoms with Crippen LogP contribution in [0.2, 0.25) is 0 Å². The van der Waals surface area contributed by atoms with E-state index in [9.17, 15) is 0 Å². The van der Waals surface area contributed by atoms with Gasteiger partial charge in [0.2, 0.25) is 0 Å². The second kappa shape index (κ2) is 3.93. The van der Waals surface area contributed by atoms with E-state index in [1.54, 1.807) is 0 Å². The average molecular weight is 166 g/mol. The van der Waals surface area contributed by atoms with E-state index in [0.717, 1.165) is 32.6 Å². The Balaban J connectivity index is 2.46. The smallest absolute Gasteiger partial charge is 0.0600 e. The predicted octanol–water partition coefficient (Wildman–Crippen LogP) is 0.693. The lowest BCUT2D eigenvalue weighted by Crippen LogP contribution is -2.58. The third-order valence-corrected chi connectivity index (χ3v) is 2.65. The third kappa shape index (κ3) is 2.23. The highest BCUT2D eigenvalue weighted by atomic mass is 15.2. The lowest BCUT2D eigenvalue weighted by Gasteiger charge is -2.40. The summed E-state index contributed by atoms with van der Waals surface area (Å²) in [7, 11) is 0. The van der Waals surface area contributed by atoms with Gasteiger partial charge in [-0.05, 0) is 13.3 Å². The van der Waals surface area contributed by atoms with Crippen LogP contribution in [0.25, 0.3) is 0 Å². The van der Waals surface area contributed by atoms with Crippen LogP contribution in [0.3, 0.4) is 0 Å². The minimum absolute atomic E-state index is 0.273. The summed E-state index contributed by atoms with van der Waals surface area (Å²) in [5.74, 6) is 2.70. The summed E-state index contributed by atoms with van der Waals surface area (Å²) in [5, 5.41) is 3.52. The molecule has 12 heavy (non-hydrogen) atoms. The maximum atomic E-state index is 5.28. The third-order valence-electron chi connectivity index (χ3n) is 2.65. The average Bonchev–Trinajstić information content (AvgIpc) is 2.05. The van der Waals surface area contributed by atoms with Crippen LogP contribution in [0.4, 0.5) is 0 Å². The van der Waals surface area contributed by atoms with Gasteiger partial charge >= 0.3 is 0 Å². The second-order valence-electron chi connectivity index (χ2n) is 3.76. The minimum atomic E-state index is 0.273. The van der Waals surface area contributed by atoms with Gasteiger partial charge in [0.1, 0.15) is 0 Å². The van der Waals surface area contributed by atoms with E-state index in [-0.39, 0.29) is 5.54 Å². The Labute approximate surface area is 75.3 Å². The van der Waals surface area contributed by atoms with Crippen molar-refractivity contribution in [1.29, 1.82) is 0 Å². The molecule has 0 spiro atoms. The molecule has 0 aromatic heterocycles. The molecule has 1 N–H and O–H groups in total. The maximum absolute atomic E-state index is 5.28. The van der Waals surface area contributed by atoms with Crippen LogP contribution in [-0.2, 0) is 0 Å². The Morgan fingerprint density at radius 3 is 3.00 bits per heavy atom. The fourth-order valence-electron chi connectivity index (χ4n) is 1.65. The first-order valence-electron chi connectivity index (χ1n) is 4.61. The van der Waals surface area contributed by atoms with Crippen LogP contribution in [0.1, 0.15) is 20.3 Å². The molecule has 1 rings (SSSR count). The predicted molar refractivity (Wildman–Crippen MR) is 52.0 cm³/mol. The van der Waals surface area contributed by atoms with Crippen molar-refractivity contribution >= 4 is 0 Å². The van der Waals surface area contributed by atoms with Gasteiger partial charge < -0.3 is 5.32 Å². The van der Waals surface area contributed by atoms with Crippen LogP contribution in [0.15, 0.2) is 0 Å². The summed E-state index contributed by atoms with van der Waals surface area (Å²) < 4.78 is 0. The molecule has 1 fully saturated rings. The number of rotatable bonds is 2.